The van der Waals surface area contributed by atoms with E-state index >= 15 is 0 Å². The molecule has 5 nitrogen and oxygen atoms in total. The average molecular weight is 356 g/mol. The van der Waals surface area contributed by atoms with Crippen LogP contribution in [0.4, 0.5) is 0 Å². The minimum absolute atomic E-state index is 0.218. The van der Waals surface area contributed by atoms with E-state index in [0.29, 0.717) is 17.4 Å². The third kappa shape index (κ3) is 5.02. The van der Waals surface area contributed by atoms with Gasteiger partial charge in [0.05, 0.1) is 14.2 Å². The number of para-hydroxylation sites is 1. The number of rotatable bonds is 8. The Morgan fingerprint density at radius 2 is 1.62 bits per heavy atom. The van der Waals surface area contributed by atoms with Crippen LogP contribution in [0.3, 0.4) is 0 Å². The number of carboxylic acids is 1. The minimum Gasteiger partial charge on any atom is -0.493 e. The van der Waals surface area contributed by atoms with Crippen LogP contribution in [0.1, 0.15) is 25.0 Å². The highest BCUT2D eigenvalue weighted by Gasteiger charge is 2.18. The number of aliphatic carboxylic acids is 1. The number of carbonyl (C=O) groups is 1. The van der Waals surface area contributed by atoms with Crippen LogP contribution in [0.2, 0.25) is 0 Å². The summed E-state index contributed by atoms with van der Waals surface area (Å²) in [6.45, 7) is 4.32. The Morgan fingerprint density at radius 3 is 2.08 bits per heavy atom. The first kappa shape index (κ1) is 19.4. The lowest BCUT2D eigenvalue weighted by Gasteiger charge is -2.14. The van der Waals surface area contributed by atoms with E-state index in [-0.39, 0.29) is 11.5 Å². The highest BCUT2D eigenvalue weighted by molar-refractivity contribution is 5.90. The molecule has 0 aliphatic rings. The highest BCUT2D eigenvalue weighted by atomic mass is 16.5. The summed E-state index contributed by atoms with van der Waals surface area (Å²) < 4.78 is 16.1. The standard InChI is InChI=1S/C21H24O5/c1-14(2)12-15-8-10-16(11-9-15)13-19(21(22)23)26-20-17(24-3)6-5-7-18(20)25-4/h5-11,13-14H,12H2,1-4H3,(H,22,23). The molecule has 2 rings (SSSR count). The molecule has 26 heavy (non-hydrogen) atoms. The number of ether oxygens (including phenoxy) is 3. The number of hydrogen-bond acceptors (Lipinski definition) is 4. The van der Waals surface area contributed by atoms with E-state index < -0.39 is 5.97 Å². The van der Waals surface area contributed by atoms with Crippen molar-refractivity contribution in [1.82, 2.24) is 0 Å². The Bertz CT molecular complexity index is 753. The Hall–Kier alpha value is -2.95. The van der Waals surface area contributed by atoms with Crippen molar-refractivity contribution in [3.63, 3.8) is 0 Å². The molecule has 0 heterocycles. The van der Waals surface area contributed by atoms with Crippen LogP contribution in [-0.2, 0) is 11.2 Å². The van der Waals surface area contributed by atoms with Crippen molar-refractivity contribution in [2.75, 3.05) is 14.2 Å². The van der Waals surface area contributed by atoms with Crippen LogP contribution in [0, 0.1) is 5.92 Å². The van der Waals surface area contributed by atoms with E-state index in [4.69, 9.17) is 14.2 Å². The number of benzene rings is 2. The molecule has 0 aliphatic heterocycles. The molecule has 0 unspecified atom stereocenters. The van der Waals surface area contributed by atoms with Gasteiger partial charge in [-0.3, -0.25) is 0 Å². The van der Waals surface area contributed by atoms with Gasteiger partial charge < -0.3 is 19.3 Å². The average Bonchev–Trinajstić information content (AvgIpc) is 2.62. The lowest BCUT2D eigenvalue weighted by atomic mass is 10.0. The topological polar surface area (TPSA) is 65.0 Å². The van der Waals surface area contributed by atoms with Gasteiger partial charge in [-0.05, 0) is 41.7 Å². The largest absolute Gasteiger partial charge is 0.493 e. The van der Waals surface area contributed by atoms with E-state index in [2.05, 4.69) is 13.8 Å². The lowest BCUT2D eigenvalue weighted by molar-refractivity contribution is -0.134. The summed E-state index contributed by atoms with van der Waals surface area (Å²) in [5, 5.41) is 9.52. The fourth-order valence-electron chi connectivity index (χ4n) is 2.54. The van der Waals surface area contributed by atoms with Gasteiger partial charge in [0.1, 0.15) is 0 Å². The normalized spacial score (nSPS) is 11.3. The number of carboxylic acid groups (broad SMARTS) is 1. The summed E-state index contributed by atoms with van der Waals surface area (Å²) in [6, 6.07) is 12.8. The molecule has 0 saturated heterocycles. The Balaban J connectivity index is 2.32. The van der Waals surface area contributed by atoms with Crippen molar-refractivity contribution >= 4 is 12.0 Å². The summed E-state index contributed by atoms with van der Waals surface area (Å²) in [4.78, 5) is 11.6. The number of hydrogen-bond donors (Lipinski definition) is 1. The zero-order valence-electron chi connectivity index (χ0n) is 15.5. The molecular formula is C21H24O5. The summed E-state index contributed by atoms with van der Waals surface area (Å²) >= 11 is 0. The van der Waals surface area contributed by atoms with Crippen molar-refractivity contribution in [3.8, 4) is 17.2 Å². The molecule has 138 valence electrons. The second kappa shape index (κ2) is 8.94. The second-order valence-electron chi connectivity index (χ2n) is 6.25. The molecule has 0 aliphatic carbocycles. The van der Waals surface area contributed by atoms with Crippen LogP contribution < -0.4 is 14.2 Å². The third-order valence-electron chi connectivity index (χ3n) is 3.73. The van der Waals surface area contributed by atoms with E-state index in [1.165, 1.54) is 25.9 Å². The maximum absolute atomic E-state index is 11.6. The summed E-state index contributed by atoms with van der Waals surface area (Å²) in [5.41, 5.74) is 1.95. The molecule has 1 N–H and O–H groups in total. The Kier molecular flexibility index (Phi) is 6.67. The SMILES string of the molecule is COc1cccc(OC)c1OC(=Cc1ccc(CC(C)C)cc1)C(=O)O. The molecule has 2 aromatic carbocycles. The van der Waals surface area contributed by atoms with Gasteiger partial charge in [0.2, 0.25) is 11.5 Å². The van der Waals surface area contributed by atoms with E-state index in [1.54, 1.807) is 18.2 Å². The fraction of sp³-hybridized carbons (Fsp3) is 0.286. The summed E-state index contributed by atoms with van der Waals surface area (Å²) in [5.74, 6) is 0.177. The van der Waals surface area contributed by atoms with Crippen LogP contribution in [0.5, 0.6) is 17.2 Å². The van der Waals surface area contributed by atoms with E-state index in [0.717, 1.165) is 12.0 Å². The minimum atomic E-state index is -1.18. The van der Waals surface area contributed by atoms with E-state index in [1.807, 2.05) is 24.3 Å². The van der Waals surface area contributed by atoms with Crippen LogP contribution in [0.25, 0.3) is 6.08 Å². The highest BCUT2D eigenvalue weighted by Crippen LogP contribution is 2.38. The first-order valence-corrected chi connectivity index (χ1v) is 8.37. The zero-order valence-corrected chi connectivity index (χ0v) is 15.5. The van der Waals surface area contributed by atoms with Gasteiger partial charge in [-0.2, -0.15) is 0 Å². The fourth-order valence-corrected chi connectivity index (χ4v) is 2.54. The predicted molar refractivity (Wildman–Crippen MR) is 101 cm³/mol. The number of methoxy groups -OCH3 is 2. The molecule has 0 atom stereocenters. The van der Waals surface area contributed by atoms with Crippen molar-refractivity contribution in [2.45, 2.75) is 20.3 Å². The van der Waals surface area contributed by atoms with Crippen molar-refractivity contribution in [2.24, 2.45) is 5.92 Å². The Morgan fingerprint density at radius 1 is 1.04 bits per heavy atom. The second-order valence-corrected chi connectivity index (χ2v) is 6.25. The molecule has 2 aromatic rings. The van der Waals surface area contributed by atoms with Gasteiger partial charge in [0, 0.05) is 0 Å². The van der Waals surface area contributed by atoms with Crippen molar-refractivity contribution < 1.29 is 24.1 Å². The van der Waals surface area contributed by atoms with Crippen LogP contribution in [0.15, 0.2) is 48.2 Å². The van der Waals surface area contributed by atoms with Gasteiger partial charge in [-0.1, -0.05) is 44.2 Å². The summed E-state index contributed by atoms with van der Waals surface area (Å²) in [7, 11) is 2.97. The van der Waals surface area contributed by atoms with Gasteiger partial charge in [0.15, 0.2) is 11.5 Å². The van der Waals surface area contributed by atoms with Crippen LogP contribution in [-0.4, -0.2) is 25.3 Å². The van der Waals surface area contributed by atoms with Crippen LogP contribution >= 0.6 is 0 Å². The first-order chi connectivity index (χ1) is 12.4. The maximum atomic E-state index is 11.6. The molecule has 0 radical (unpaired) electrons. The monoisotopic (exact) mass is 356 g/mol. The third-order valence-corrected chi connectivity index (χ3v) is 3.73. The van der Waals surface area contributed by atoms with E-state index in [9.17, 15) is 9.90 Å². The molecule has 0 spiro atoms. The van der Waals surface area contributed by atoms with Gasteiger partial charge in [0.25, 0.3) is 0 Å². The van der Waals surface area contributed by atoms with Crippen molar-refractivity contribution in [1.29, 1.82) is 0 Å². The lowest BCUT2D eigenvalue weighted by Crippen LogP contribution is -2.09. The molecule has 0 bridgehead atoms. The molecule has 0 aromatic heterocycles. The Labute approximate surface area is 153 Å². The predicted octanol–water partition coefficient (Wildman–Crippen LogP) is 4.41. The summed E-state index contributed by atoms with van der Waals surface area (Å²) in [6.07, 6.45) is 2.46. The maximum Gasteiger partial charge on any atom is 0.371 e. The van der Waals surface area contributed by atoms with Gasteiger partial charge in [-0.25, -0.2) is 4.79 Å². The zero-order chi connectivity index (χ0) is 19.1. The molecular weight excluding hydrogens is 332 g/mol. The molecule has 0 fully saturated rings. The molecule has 0 amide bonds. The first-order valence-electron chi connectivity index (χ1n) is 8.37. The van der Waals surface area contributed by atoms with Crippen molar-refractivity contribution in [3.05, 3.63) is 59.4 Å². The quantitative estimate of drug-likeness (QED) is 0.561. The molecule has 0 saturated carbocycles. The smallest absolute Gasteiger partial charge is 0.371 e. The molecule has 5 heteroatoms. The van der Waals surface area contributed by atoms with Gasteiger partial charge in [-0.15, -0.1) is 0 Å². The van der Waals surface area contributed by atoms with Gasteiger partial charge >= 0.3 is 5.97 Å².